The molecule has 0 spiro atoms. The Balaban J connectivity index is 1.60. The average molecular weight is 294 g/mol. The zero-order valence-corrected chi connectivity index (χ0v) is 13.0. The first-order chi connectivity index (χ1) is 10.8. The van der Waals surface area contributed by atoms with Gasteiger partial charge in [0.2, 0.25) is 0 Å². The molecule has 1 aliphatic rings. The minimum absolute atomic E-state index is 0.163. The quantitative estimate of drug-likeness (QED) is 0.866. The van der Waals surface area contributed by atoms with Gasteiger partial charge in [-0.2, -0.15) is 0 Å². The van der Waals surface area contributed by atoms with Crippen LogP contribution >= 0.6 is 0 Å². The molecular formula is C19H22N2O. The van der Waals surface area contributed by atoms with Crippen LogP contribution in [0, 0.1) is 5.92 Å². The molecule has 1 atom stereocenters. The first-order valence-corrected chi connectivity index (χ1v) is 8.03. The van der Waals surface area contributed by atoms with Crippen molar-refractivity contribution in [1.29, 1.82) is 0 Å². The summed E-state index contributed by atoms with van der Waals surface area (Å²) in [6, 6.07) is 12.1. The van der Waals surface area contributed by atoms with Crippen LogP contribution in [-0.2, 0) is 12.8 Å². The Hall–Kier alpha value is -2.16. The third-order valence-electron chi connectivity index (χ3n) is 4.43. The minimum Gasteiger partial charge on any atom is -0.338 e. The highest BCUT2D eigenvalue weighted by Gasteiger charge is 2.26. The maximum absolute atomic E-state index is 12.6. The van der Waals surface area contributed by atoms with Crippen LogP contribution in [0.2, 0.25) is 0 Å². The number of hydrogen-bond acceptors (Lipinski definition) is 2. The molecule has 22 heavy (non-hydrogen) atoms. The fourth-order valence-corrected chi connectivity index (χ4v) is 3.10. The van der Waals surface area contributed by atoms with Crippen molar-refractivity contribution in [3.05, 3.63) is 65.5 Å². The fourth-order valence-electron chi connectivity index (χ4n) is 3.10. The summed E-state index contributed by atoms with van der Waals surface area (Å²) >= 11 is 0. The summed E-state index contributed by atoms with van der Waals surface area (Å²) in [7, 11) is 0. The minimum atomic E-state index is 0.163. The van der Waals surface area contributed by atoms with Gasteiger partial charge in [-0.1, -0.05) is 25.1 Å². The molecule has 1 fully saturated rings. The van der Waals surface area contributed by atoms with Gasteiger partial charge >= 0.3 is 0 Å². The number of carbonyl (C=O) groups is 1. The van der Waals surface area contributed by atoms with Crippen molar-refractivity contribution in [1.82, 2.24) is 9.88 Å². The van der Waals surface area contributed by atoms with E-state index in [1.165, 1.54) is 11.1 Å². The van der Waals surface area contributed by atoms with E-state index in [-0.39, 0.29) is 5.91 Å². The monoisotopic (exact) mass is 294 g/mol. The molecule has 1 saturated heterocycles. The van der Waals surface area contributed by atoms with Crippen LogP contribution in [-0.4, -0.2) is 28.9 Å². The Morgan fingerprint density at radius 3 is 2.73 bits per heavy atom. The van der Waals surface area contributed by atoms with Crippen molar-refractivity contribution < 1.29 is 4.79 Å². The number of benzene rings is 1. The molecular weight excluding hydrogens is 272 g/mol. The van der Waals surface area contributed by atoms with Gasteiger partial charge in [-0.25, -0.2) is 0 Å². The van der Waals surface area contributed by atoms with Gasteiger partial charge in [0.25, 0.3) is 5.91 Å². The lowest BCUT2D eigenvalue weighted by Gasteiger charge is -2.17. The van der Waals surface area contributed by atoms with Gasteiger partial charge in [-0.05, 0) is 54.5 Å². The number of nitrogens with zero attached hydrogens (tertiary/aromatic N) is 2. The Labute approximate surface area is 132 Å². The summed E-state index contributed by atoms with van der Waals surface area (Å²) in [5.41, 5.74) is 3.33. The Bertz CT molecular complexity index is 622. The molecule has 1 amide bonds. The second-order valence-corrected chi connectivity index (χ2v) is 6.02. The Morgan fingerprint density at radius 2 is 2.05 bits per heavy atom. The smallest absolute Gasteiger partial charge is 0.253 e. The highest BCUT2D eigenvalue weighted by Crippen LogP contribution is 2.22. The van der Waals surface area contributed by atoms with Crippen molar-refractivity contribution in [3.63, 3.8) is 0 Å². The van der Waals surface area contributed by atoms with Crippen molar-refractivity contribution >= 4 is 5.91 Å². The van der Waals surface area contributed by atoms with Crippen LogP contribution in [0.5, 0.6) is 0 Å². The summed E-state index contributed by atoms with van der Waals surface area (Å²) < 4.78 is 0. The van der Waals surface area contributed by atoms with Crippen molar-refractivity contribution in [2.24, 2.45) is 5.92 Å². The van der Waals surface area contributed by atoms with E-state index in [2.05, 4.69) is 30.1 Å². The standard InChI is InChI=1S/C19H22N2O/c1-2-15-5-7-18(8-6-15)19(22)21-11-9-17(14-21)12-16-4-3-10-20-13-16/h3-8,10,13,17H,2,9,11-12,14H2,1H3. The molecule has 2 aromatic rings. The second kappa shape index (κ2) is 6.73. The third-order valence-corrected chi connectivity index (χ3v) is 4.43. The maximum atomic E-state index is 12.6. The van der Waals surface area contributed by atoms with Crippen molar-refractivity contribution in [3.8, 4) is 0 Å². The van der Waals surface area contributed by atoms with E-state index in [9.17, 15) is 4.79 Å². The molecule has 2 heterocycles. The number of amides is 1. The lowest BCUT2D eigenvalue weighted by atomic mass is 10.00. The molecule has 1 aromatic heterocycles. The van der Waals surface area contributed by atoms with Crippen LogP contribution < -0.4 is 0 Å². The summed E-state index contributed by atoms with van der Waals surface area (Å²) in [5, 5.41) is 0. The fraction of sp³-hybridized carbons (Fsp3) is 0.368. The lowest BCUT2D eigenvalue weighted by molar-refractivity contribution is 0.0787. The molecule has 1 unspecified atom stereocenters. The van der Waals surface area contributed by atoms with Gasteiger partial charge in [0.05, 0.1) is 0 Å². The number of carbonyl (C=O) groups excluding carboxylic acids is 1. The molecule has 3 nitrogen and oxygen atoms in total. The zero-order valence-electron chi connectivity index (χ0n) is 13.0. The van der Waals surface area contributed by atoms with E-state index in [1.54, 1.807) is 6.20 Å². The van der Waals surface area contributed by atoms with Gasteiger partial charge in [0, 0.05) is 31.0 Å². The van der Waals surface area contributed by atoms with Crippen LogP contribution in [0.1, 0.15) is 34.8 Å². The van der Waals surface area contributed by atoms with Gasteiger partial charge in [0.15, 0.2) is 0 Å². The second-order valence-electron chi connectivity index (χ2n) is 6.02. The molecule has 3 heteroatoms. The number of aromatic nitrogens is 1. The summed E-state index contributed by atoms with van der Waals surface area (Å²) in [4.78, 5) is 18.7. The summed E-state index contributed by atoms with van der Waals surface area (Å²) in [6.07, 6.45) is 6.81. The van der Waals surface area contributed by atoms with E-state index < -0.39 is 0 Å². The lowest BCUT2D eigenvalue weighted by Crippen LogP contribution is -2.28. The highest BCUT2D eigenvalue weighted by atomic mass is 16.2. The van der Waals surface area contributed by atoms with Gasteiger partial charge in [0.1, 0.15) is 0 Å². The molecule has 1 aliphatic heterocycles. The van der Waals surface area contributed by atoms with E-state index in [4.69, 9.17) is 0 Å². The number of aryl methyl sites for hydroxylation is 1. The number of hydrogen-bond donors (Lipinski definition) is 0. The predicted octanol–water partition coefficient (Wildman–Crippen LogP) is 3.35. The van der Waals surface area contributed by atoms with E-state index in [1.807, 2.05) is 29.3 Å². The summed E-state index contributed by atoms with van der Waals surface area (Å²) in [6.45, 7) is 3.84. The average Bonchev–Trinajstić information content (AvgIpc) is 3.04. The topological polar surface area (TPSA) is 33.2 Å². The SMILES string of the molecule is CCc1ccc(C(=O)N2CCC(Cc3cccnc3)C2)cc1. The van der Waals surface area contributed by atoms with Gasteiger partial charge in [-0.15, -0.1) is 0 Å². The highest BCUT2D eigenvalue weighted by molar-refractivity contribution is 5.94. The molecule has 0 bridgehead atoms. The Morgan fingerprint density at radius 1 is 1.23 bits per heavy atom. The van der Waals surface area contributed by atoms with Crippen molar-refractivity contribution in [2.45, 2.75) is 26.2 Å². The molecule has 0 saturated carbocycles. The van der Waals surface area contributed by atoms with Gasteiger partial charge in [-0.3, -0.25) is 9.78 Å². The zero-order chi connectivity index (χ0) is 15.4. The van der Waals surface area contributed by atoms with Gasteiger partial charge < -0.3 is 4.90 Å². The van der Waals surface area contributed by atoms with Crippen LogP contribution in [0.3, 0.4) is 0 Å². The summed E-state index contributed by atoms with van der Waals surface area (Å²) in [5.74, 6) is 0.708. The molecule has 0 radical (unpaired) electrons. The van der Waals surface area contributed by atoms with E-state index in [0.717, 1.165) is 37.9 Å². The first-order valence-electron chi connectivity index (χ1n) is 8.03. The number of pyridine rings is 1. The van der Waals surface area contributed by atoms with Crippen LogP contribution in [0.15, 0.2) is 48.8 Å². The van der Waals surface area contributed by atoms with E-state index >= 15 is 0 Å². The normalized spacial score (nSPS) is 17.7. The van der Waals surface area contributed by atoms with E-state index in [0.29, 0.717) is 5.92 Å². The molecule has 114 valence electrons. The Kier molecular flexibility index (Phi) is 4.52. The molecule has 0 aliphatic carbocycles. The third kappa shape index (κ3) is 3.35. The maximum Gasteiger partial charge on any atom is 0.253 e. The van der Waals surface area contributed by atoms with Crippen LogP contribution in [0.25, 0.3) is 0 Å². The number of rotatable bonds is 4. The van der Waals surface area contributed by atoms with Crippen LogP contribution in [0.4, 0.5) is 0 Å². The molecule has 0 N–H and O–H groups in total. The molecule has 1 aromatic carbocycles. The largest absolute Gasteiger partial charge is 0.338 e. The van der Waals surface area contributed by atoms with Crippen molar-refractivity contribution in [2.75, 3.05) is 13.1 Å². The first kappa shape index (κ1) is 14.8. The predicted molar refractivity (Wildman–Crippen MR) is 87.8 cm³/mol. The number of likely N-dealkylation sites (tertiary alicyclic amines) is 1. The molecule has 3 rings (SSSR count).